The molecule has 0 radical (unpaired) electrons. The quantitative estimate of drug-likeness (QED) is 0.386. The predicted octanol–water partition coefficient (Wildman–Crippen LogP) is 4.93. The number of anilines is 2. The third kappa shape index (κ3) is 6.14. The summed E-state index contributed by atoms with van der Waals surface area (Å²) in [5, 5.41) is 6.33. The van der Waals surface area contributed by atoms with Gasteiger partial charge in [0.2, 0.25) is 5.89 Å². The van der Waals surface area contributed by atoms with Crippen LogP contribution >= 0.6 is 0 Å². The Hall–Kier alpha value is -3.48. The van der Waals surface area contributed by atoms with Crippen molar-refractivity contribution in [2.75, 3.05) is 47.5 Å². The summed E-state index contributed by atoms with van der Waals surface area (Å²) in [7, 11) is -0.981. The van der Waals surface area contributed by atoms with Crippen LogP contribution < -0.4 is 9.80 Å². The van der Waals surface area contributed by atoms with Crippen LogP contribution in [0.4, 0.5) is 33.7 Å². The number of amides is 2. The first-order chi connectivity index (χ1) is 18.1. The lowest BCUT2D eigenvalue weighted by Gasteiger charge is -2.33. The molecule has 3 aromatic rings. The fourth-order valence-corrected chi connectivity index (χ4v) is 5.19. The van der Waals surface area contributed by atoms with E-state index < -0.39 is 34.6 Å². The number of alkyl halides is 3. The van der Waals surface area contributed by atoms with Gasteiger partial charge in [0.1, 0.15) is 5.82 Å². The number of urea groups is 1. The summed E-state index contributed by atoms with van der Waals surface area (Å²) >= 11 is 0. The number of carbonyl (C=O) groups is 1. The molecule has 0 aliphatic carbocycles. The van der Waals surface area contributed by atoms with E-state index in [1.54, 1.807) is 17.0 Å². The van der Waals surface area contributed by atoms with E-state index in [0.717, 1.165) is 24.8 Å². The van der Waals surface area contributed by atoms with Crippen LogP contribution in [0.1, 0.15) is 25.3 Å². The molecule has 8 nitrogen and oxygen atoms in total. The average molecular weight is 554 g/mol. The van der Waals surface area contributed by atoms with E-state index in [9.17, 15) is 22.2 Å². The van der Waals surface area contributed by atoms with Gasteiger partial charge in [0.05, 0.1) is 6.54 Å². The SMILES string of the molecule is CCN(CC)c1ccc(N(Cc2ccc(-c3nnc(C(F)(F)F)o3)cc2F)C(=O)N2CCS(=O)CC2)cc1. The average Bonchev–Trinajstić information content (AvgIpc) is 3.41. The van der Waals surface area contributed by atoms with E-state index in [2.05, 4.69) is 19.5 Å². The van der Waals surface area contributed by atoms with Crippen molar-refractivity contribution in [2.45, 2.75) is 26.6 Å². The van der Waals surface area contributed by atoms with Gasteiger partial charge in [-0.25, -0.2) is 9.18 Å². The molecular formula is C25H27F4N5O3S. The molecule has 38 heavy (non-hydrogen) atoms. The van der Waals surface area contributed by atoms with Crippen molar-refractivity contribution >= 4 is 28.2 Å². The molecule has 1 fully saturated rings. The lowest BCUT2D eigenvalue weighted by molar-refractivity contribution is -0.156. The Morgan fingerprint density at radius 1 is 1.03 bits per heavy atom. The topological polar surface area (TPSA) is 82.8 Å². The Balaban J connectivity index is 1.62. The Morgan fingerprint density at radius 3 is 2.21 bits per heavy atom. The number of halogens is 4. The number of carbonyl (C=O) groups excluding carboxylic acids is 1. The molecule has 0 N–H and O–H groups in total. The van der Waals surface area contributed by atoms with Crippen molar-refractivity contribution < 1.29 is 31.0 Å². The lowest BCUT2D eigenvalue weighted by Crippen LogP contribution is -2.48. The van der Waals surface area contributed by atoms with Gasteiger partial charge < -0.3 is 14.2 Å². The molecule has 1 aliphatic heterocycles. The van der Waals surface area contributed by atoms with Crippen LogP contribution in [-0.2, 0) is 23.5 Å². The molecule has 1 aromatic heterocycles. The van der Waals surface area contributed by atoms with E-state index in [-0.39, 0.29) is 23.7 Å². The molecule has 0 spiro atoms. The van der Waals surface area contributed by atoms with Crippen LogP contribution in [0.25, 0.3) is 11.5 Å². The summed E-state index contributed by atoms with van der Waals surface area (Å²) < 4.78 is 70.0. The molecule has 2 aromatic carbocycles. The number of hydrogen-bond donors (Lipinski definition) is 0. The maximum Gasteiger partial charge on any atom is 0.470 e. The van der Waals surface area contributed by atoms with Crippen molar-refractivity contribution in [3.8, 4) is 11.5 Å². The second-order valence-corrected chi connectivity index (χ2v) is 10.3. The summed E-state index contributed by atoms with van der Waals surface area (Å²) in [6.45, 7) is 6.21. The predicted molar refractivity (Wildman–Crippen MR) is 136 cm³/mol. The third-order valence-corrected chi connectivity index (χ3v) is 7.54. The minimum absolute atomic E-state index is 0.0192. The van der Waals surface area contributed by atoms with Gasteiger partial charge in [0, 0.05) is 71.0 Å². The maximum atomic E-state index is 15.2. The van der Waals surface area contributed by atoms with E-state index in [0.29, 0.717) is 30.3 Å². The fourth-order valence-electron chi connectivity index (χ4n) is 4.13. The molecular weight excluding hydrogens is 526 g/mol. The van der Waals surface area contributed by atoms with Gasteiger partial charge in [-0.2, -0.15) is 13.2 Å². The number of benzene rings is 2. The van der Waals surface area contributed by atoms with E-state index in [4.69, 9.17) is 0 Å². The Kier molecular flexibility index (Phi) is 8.34. The zero-order valence-corrected chi connectivity index (χ0v) is 21.7. The Bertz CT molecular complexity index is 1280. The Labute approximate surface area is 219 Å². The van der Waals surface area contributed by atoms with Crippen molar-refractivity contribution in [1.29, 1.82) is 0 Å². The van der Waals surface area contributed by atoms with Gasteiger partial charge in [-0.15, -0.1) is 10.2 Å². The maximum absolute atomic E-state index is 15.2. The number of aromatic nitrogens is 2. The van der Waals surface area contributed by atoms with Crippen LogP contribution in [-0.4, -0.2) is 63.0 Å². The van der Waals surface area contributed by atoms with Gasteiger partial charge in [-0.1, -0.05) is 6.07 Å². The van der Waals surface area contributed by atoms with Crippen LogP contribution in [0, 0.1) is 5.82 Å². The summed E-state index contributed by atoms with van der Waals surface area (Å²) in [6.07, 6.45) is -4.81. The highest BCUT2D eigenvalue weighted by Crippen LogP contribution is 2.31. The number of rotatable bonds is 7. The molecule has 1 aliphatic rings. The summed E-state index contributed by atoms with van der Waals surface area (Å²) in [4.78, 5) is 18.7. The van der Waals surface area contributed by atoms with Gasteiger partial charge in [-0.3, -0.25) is 9.11 Å². The van der Waals surface area contributed by atoms with E-state index in [1.165, 1.54) is 17.0 Å². The Morgan fingerprint density at radius 2 is 1.66 bits per heavy atom. The van der Waals surface area contributed by atoms with Crippen LogP contribution in [0.15, 0.2) is 46.9 Å². The molecule has 4 rings (SSSR count). The summed E-state index contributed by atoms with van der Waals surface area (Å²) in [6, 6.07) is 10.7. The minimum Gasteiger partial charge on any atom is -0.413 e. The molecule has 0 unspecified atom stereocenters. The highest BCUT2D eigenvalue weighted by atomic mass is 32.2. The monoisotopic (exact) mass is 553 g/mol. The van der Waals surface area contributed by atoms with Crippen LogP contribution in [0.2, 0.25) is 0 Å². The van der Waals surface area contributed by atoms with Crippen molar-refractivity contribution in [2.24, 2.45) is 0 Å². The molecule has 0 bridgehead atoms. The summed E-state index contributed by atoms with van der Waals surface area (Å²) in [5.41, 5.74) is 1.65. The fraction of sp³-hybridized carbons (Fsp3) is 0.400. The number of hydrogen-bond acceptors (Lipinski definition) is 6. The molecule has 0 saturated carbocycles. The standard InChI is InChI=1S/C25H27F4N5O3S/c1-3-32(4-2)19-7-9-20(10-8-19)34(24(35)33-11-13-38(36)14-12-33)16-18-6-5-17(15-21(18)26)22-30-31-23(37-22)25(27,28)29/h5-10,15H,3-4,11-14,16H2,1-2H3. The largest absolute Gasteiger partial charge is 0.470 e. The highest BCUT2D eigenvalue weighted by molar-refractivity contribution is 7.85. The highest BCUT2D eigenvalue weighted by Gasteiger charge is 2.38. The second-order valence-electron chi connectivity index (χ2n) is 8.61. The zero-order valence-electron chi connectivity index (χ0n) is 20.9. The molecule has 13 heteroatoms. The van der Waals surface area contributed by atoms with Gasteiger partial charge in [-0.05, 0) is 50.2 Å². The molecule has 204 valence electrons. The van der Waals surface area contributed by atoms with Crippen molar-refractivity contribution in [3.05, 3.63) is 59.7 Å². The normalized spacial score (nSPS) is 14.5. The van der Waals surface area contributed by atoms with Crippen LogP contribution in [0.5, 0.6) is 0 Å². The second kappa shape index (κ2) is 11.5. The molecule has 0 atom stereocenters. The van der Waals surface area contributed by atoms with Gasteiger partial charge >= 0.3 is 18.1 Å². The molecule has 2 amide bonds. The lowest BCUT2D eigenvalue weighted by atomic mass is 10.1. The number of nitrogens with zero attached hydrogens (tertiary/aromatic N) is 5. The van der Waals surface area contributed by atoms with Crippen molar-refractivity contribution in [1.82, 2.24) is 15.1 Å². The third-order valence-electron chi connectivity index (χ3n) is 6.27. The van der Waals surface area contributed by atoms with E-state index >= 15 is 4.39 Å². The molecule has 1 saturated heterocycles. The first-order valence-electron chi connectivity index (χ1n) is 12.1. The van der Waals surface area contributed by atoms with E-state index in [1.807, 2.05) is 26.0 Å². The van der Waals surface area contributed by atoms with Gasteiger partial charge in [0.15, 0.2) is 0 Å². The minimum atomic E-state index is -4.81. The smallest absolute Gasteiger partial charge is 0.413 e. The van der Waals surface area contributed by atoms with Crippen molar-refractivity contribution in [3.63, 3.8) is 0 Å². The zero-order chi connectivity index (χ0) is 27.4. The van der Waals surface area contributed by atoms with Crippen LogP contribution in [0.3, 0.4) is 0 Å². The first kappa shape index (κ1) is 27.6. The molecule has 2 heterocycles. The van der Waals surface area contributed by atoms with Gasteiger partial charge in [0.25, 0.3) is 0 Å². The first-order valence-corrected chi connectivity index (χ1v) is 13.6. The summed E-state index contributed by atoms with van der Waals surface area (Å²) in [5.74, 6) is -2.00.